The van der Waals surface area contributed by atoms with Crippen LogP contribution in [0.1, 0.15) is 25.7 Å². The number of rotatable bonds is 6. The Labute approximate surface area is 117 Å². The summed E-state index contributed by atoms with van der Waals surface area (Å²) in [5.41, 5.74) is -0.297. The number of nitrogens with one attached hydrogen (secondary N) is 1. The summed E-state index contributed by atoms with van der Waals surface area (Å²) in [6.45, 7) is 4.40. The van der Waals surface area contributed by atoms with Crippen LogP contribution in [-0.2, 0) is 0 Å². The molecule has 0 bridgehead atoms. The second-order valence-corrected chi connectivity index (χ2v) is 6.59. The minimum absolute atomic E-state index is 0.297. The highest BCUT2D eigenvalue weighted by molar-refractivity contribution is 5.16. The Hall–Kier alpha value is -0.630. The van der Waals surface area contributed by atoms with Gasteiger partial charge < -0.3 is 15.1 Å². The normalized spacial score (nSPS) is 25.2. The molecule has 0 aromatic rings. The Morgan fingerprint density at radius 1 is 1.26 bits per heavy atom. The zero-order valence-electron chi connectivity index (χ0n) is 12.7. The van der Waals surface area contributed by atoms with Crippen LogP contribution in [0.5, 0.6) is 0 Å². The van der Waals surface area contributed by atoms with E-state index in [0.29, 0.717) is 5.92 Å². The molecule has 1 unspecified atom stereocenters. The maximum absolute atomic E-state index is 9.54. The van der Waals surface area contributed by atoms with Crippen LogP contribution in [0.25, 0.3) is 0 Å². The predicted octanol–water partition coefficient (Wildman–Crippen LogP) is 1.15. The number of likely N-dealkylation sites (tertiary alicyclic amines) is 1. The van der Waals surface area contributed by atoms with Crippen molar-refractivity contribution < 1.29 is 0 Å². The Morgan fingerprint density at radius 2 is 1.89 bits per heavy atom. The van der Waals surface area contributed by atoms with Crippen LogP contribution in [0.3, 0.4) is 0 Å². The van der Waals surface area contributed by atoms with Gasteiger partial charge in [-0.3, -0.25) is 0 Å². The number of hydrogen-bond acceptors (Lipinski definition) is 4. The number of likely N-dealkylation sites (N-methyl/N-ethyl adjacent to an activating group) is 1. The van der Waals surface area contributed by atoms with Crippen molar-refractivity contribution in [1.82, 2.24) is 15.1 Å². The zero-order valence-corrected chi connectivity index (χ0v) is 12.7. The van der Waals surface area contributed by atoms with Gasteiger partial charge in [0, 0.05) is 13.1 Å². The summed E-state index contributed by atoms with van der Waals surface area (Å²) >= 11 is 0. The fraction of sp³-hybridized carbons (Fsp3) is 0.933. The van der Waals surface area contributed by atoms with Gasteiger partial charge in [0.2, 0.25) is 0 Å². The predicted molar refractivity (Wildman–Crippen MR) is 77.8 cm³/mol. The average Bonchev–Trinajstić information content (AvgIpc) is 3.22. The Bertz CT molecular complexity index is 324. The molecule has 1 saturated carbocycles. The topological polar surface area (TPSA) is 42.3 Å². The fourth-order valence-electron chi connectivity index (χ4n) is 3.37. The van der Waals surface area contributed by atoms with E-state index >= 15 is 0 Å². The van der Waals surface area contributed by atoms with Gasteiger partial charge in [-0.05, 0) is 71.8 Å². The molecule has 0 aromatic heterocycles. The highest BCUT2D eigenvalue weighted by Crippen LogP contribution is 2.40. The highest BCUT2D eigenvalue weighted by Gasteiger charge is 2.45. The summed E-state index contributed by atoms with van der Waals surface area (Å²) in [4.78, 5) is 4.78. The van der Waals surface area contributed by atoms with Crippen LogP contribution in [0, 0.1) is 23.2 Å². The van der Waals surface area contributed by atoms with Gasteiger partial charge in [0.05, 0.1) is 6.07 Å². The van der Waals surface area contributed by atoms with Crippen LogP contribution >= 0.6 is 0 Å². The molecule has 1 heterocycles. The lowest BCUT2D eigenvalue weighted by Crippen LogP contribution is -2.54. The number of piperidine rings is 1. The number of nitriles is 1. The molecule has 108 valence electrons. The third-order valence-electron chi connectivity index (χ3n) is 4.72. The summed E-state index contributed by atoms with van der Waals surface area (Å²) < 4.78 is 0. The molecule has 0 spiro atoms. The molecule has 1 saturated heterocycles. The largest absolute Gasteiger partial charge is 0.309 e. The van der Waals surface area contributed by atoms with Crippen LogP contribution in [0.4, 0.5) is 0 Å². The third-order valence-corrected chi connectivity index (χ3v) is 4.72. The molecule has 0 radical (unpaired) electrons. The number of hydrogen-bond donors (Lipinski definition) is 1. The smallest absolute Gasteiger partial charge is 0.122 e. The first kappa shape index (κ1) is 14.8. The van der Waals surface area contributed by atoms with Gasteiger partial charge in [-0.1, -0.05) is 0 Å². The van der Waals surface area contributed by atoms with E-state index in [2.05, 4.69) is 35.3 Å². The van der Waals surface area contributed by atoms with Crippen LogP contribution in [0.15, 0.2) is 0 Å². The third kappa shape index (κ3) is 3.68. The van der Waals surface area contributed by atoms with Crippen molar-refractivity contribution in [2.75, 3.05) is 47.3 Å². The fourth-order valence-corrected chi connectivity index (χ4v) is 3.37. The van der Waals surface area contributed by atoms with Crippen molar-refractivity contribution in [3.8, 4) is 6.07 Å². The van der Waals surface area contributed by atoms with E-state index in [1.807, 2.05) is 7.05 Å². The molecule has 2 aliphatic rings. The van der Waals surface area contributed by atoms with Gasteiger partial charge in [-0.15, -0.1) is 0 Å². The molecule has 2 rings (SSSR count). The number of nitrogens with zero attached hydrogens (tertiary/aromatic N) is 3. The monoisotopic (exact) mass is 264 g/mol. The molecule has 1 aliphatic heterocycles. The molecule has 0 amide bonds. The molecule has 19 heavy (non-hydrogen) atoms. The SMILES string of the molecule is CNC(C#N)(CN1CCC(CN(C)C)CC1)C1CC1. The molecule has 0 aromatic carbocycles. The first-order valence-electron chi connectivity index (χ1n) is 7.57. The summed E-state index contributed by atoms with van der Waals surface area (Å²) in [5.74, 6) is 1.40. The second kappa shape index (κ2) is 6.21. The highest BCUT2D eigenvalue weighted by atomic mass is 15.2. The van der Waals surface area contributed by atoms with Crippen LogP contribution in [-0.4, -0.2) is 62.7 Å². The second-order valence-electron chi connectivity index (χ2n) is 6.59. The van der Waals surface area contributed by atoms with E-state index in [-0.39, 0.29) is 5.54 Å². The van der Waals surface area contributed by atoms with Crippen molar-refractivity contribution in [2.24, 2.45) is 11.8 Å². The van der Waals surface area contributed by atoms with Gasteiger partial charge >= 0.3 is 0 Å². The van der Waals surface area contributed by atoms with E-state index in [9.17, 15) is 5.26 Å². The summed E-state index contributed by atoms with van der Waals surface area (Å²) in [6.07, 6.45) is 4.97. The molecule has 1 aliphatic carbocycles. The van der Waals surface area contributed by atoms with Gasteiger partial charge in [0.15, 0.2) is 0 Å². The molecule has 2 fully saturated rings. The first-order valence-corrected chi connectivity index (χ1v) is 7.57. The van der Waals surface area contributed by atoms with E-state index in [0.717, 1.165) is 25.6 Å². The lowest BCUT2D eigenvalue weighted by atomic mass is 9.91. The molecular weight excluding hydrogens is 236 g/mol. The van der Waals surface area contributed by atoms with Crippen molar-refractivity contribution in [3.05, 3.63) is 0 Å². The van der Waals surface area contributed by atoms with Crippen molar-refractivity contribution in [1.29, 1.82) is 5.26 Å². The Balaban J connectivity index is 1.83. The van der Waals surface area contributed by atoms with Gasteiger partial charge in [-0.2, -0.15) is 5.26 Å². The van der Waals surface area contributed by atoms with Crippen LogP contribution in [0.2, 0.25) is 0 Å². The first-order chi connectivity index (χ1) is 9.09. The lowest BCUT2D eigenvalue weighted by molar-refractivity contribution is 0.132. The van der Waals surface area contributed by atoms with Crippen molar-refractivity contribution >= 4 is 0 Å². The lowest BCUT2D eigenvalue weighted by Gasteiger charge is -2.38. The molecule has 1 atom stereocenters. The minimum Gasteiger partial charge on any atom is -0.309 e. The maximum atomic E-state index is 9.54. The van der Waals surface area contributed by atoms with Gasteiger partial charge in [0.25, 0.3) is 0 Å². The minimum atomic E-state index is -0.297. The van der Waals surface area contributed by atoms with E-state index in [4.69, 9.17) is 0 Å². The van der Waals surface area contributed by atoms with E-state index < -0.39 is 0 Å². The quantitative estimate of drug-likeness (QED) is 0.781. The zero-order chi connectivity index (χ0) is 13.9. The van der Waals surface area contributed by atoms with E-state index in [1.165, 1.54) is 32.2 Å². The molecular formula is C15H28N4. The molecule has 1 N–H and O–H groups in total. The Morgan fingerprint density at radius 3 is 2.32 bits per heavy atom. The summed E-state index contributed by atoms with van der Waals surface area (Å²) in [7, 11) is 6.25. The average molecular weight is 264 g/mol. The molecule has 4 nitrogen and oxygen atoms in total. The van der Waals surface area contributed by atoms with Crippen molar-refractivity contribution in [2.45, 2.75) is 31.2 Å². The maximum Gasteiger partial charge on any atom is 0.122 e. The van der Waals surface area contributed by atoms with Crippen molar-refractivity contribution in [3.63, 3.8) is 0 Å². The standard InChI is InChI=1S/C15H28N4/c1-17-15(11-16,14-4-5-14)12-19-8-6-13(7-9-19)10-18(2)3/h13-14,17H,4-10,12H2,1-3H3. The summed E-state index contributed by atoms with van der Waals surface area (Å²) in [5, 5.41) is 12.8. The van der Waals surface area contributed by atoms with Crippen LogP contribution < -0.4 is 5.32 Å². The van der Waals surface area contributed by atoms with Gasteiger partial charge in [0.1, 0.15) is 5.54 Å². The molecule has 4 heteroatoms. The van der Waals surface area contributed by atoms with E-state index in [1.54, 1.807) is 0 Å². The van der Waals surface area contributed by atoms with Gasteiger partial charge in [-0.25, -0.2) is 0 Å². The Kier molecular flexibility index (Phi) is 4.83. The summed E-state index contributed by atoms with van der Waals surface area (Å²) in [6, 6.07) is 2.56.